The van der Waals surface area contributed by atoms with E-state index >= 15 is 0 Å². The highest BCUT2D eigenvalue weighted by Crippen LogP contribution is 2.42. The van der Waals surface area contributed by atoms with E-state index in [1.54, 1.807) is 0 Å². The van der Waals surface area contributed by atoms with E-state index in [-0.39, 0.29) is 23.5 Å². The van der Waals surface area contributed by atoms with Crippen LogP contribution in [-0.4, -0.2) is 38.9 Å². The number of carbonyl (C=O) groups excluding carboxylic acids is 2. The minimum atomic E-state index is -0.945. The summed E-state index contributed by atoms with van der Waals surface area (Å²) >= 11 is 1.41. The van der Waals surface area contributed by atoms with Gasteiger partial charge in [0.15, 0.2) is 5.78 Å². The molecule has 0 radical (unpaired) electrons. The molecule has 0 saturated carbocycles. The van der Waals surface area contributed by atoms with Crippen molar-refractivity contribution in [2.45, 2.75) is 42.5 Å². The fraction of sp³-hybridized carbons (Fsp3) is 0.471. The van der Waals surface area contributed by atoms with Crippen LogP contribution < -0.4 is 10.6 Å². The lowest BCUT2D eigenvalue weighted by atomic mass is 9.88. The molecule has 24 heavy (non-hydrogen) atoms. The van der Waals surface area contributed by atoms with Crippen LogP contribution in [0.25, 0.3) is 0 Å². The van der Waals surface area contributed by atoms with Crippen LogP contribution >= 0.6 is 11.8 Å². The quantitative estimate of drug-likeness (QED) is 0.763. The second-order valence-electron chi connectivity index (χ2n) is 6.71. The fourth-order valence-corrected chi connectivity index (χ4v) is 4.83. The maximum Gasteiger partial charge on any atom is 0.322 e. The number of hydrogen-bond donors (Lipinski definition) is 3. The molecule has 2 aliphatic rings. The monoisotopic (exact) mass is 348 g/mol. The number of hydrogen-bond acceptors (Lipinski definition) is 5. The minimum absolute atomic E-state index is 0.0511. The topological polar surface area (TPSA) is 95.5 Å². The Labute approximate surface area is 144 Å². The molecule has 2 aliphatic heterocycles. The van der Waals surface area contributed by atoms with Crippen molar-refractivity contribution in [2.24, 2.45) is 5.92 Å². The predicted octanol–water partition coefficient (Wildman–Crippen LogP) is 1.33. The molecule has 4 atom stereocenters. The first-order chi connectivity index (χ1) is 11.3. The van der Waals surface area contributed by atoms with E-state index in [1.165, 1.54) is 11.8 Å². The zero-order valence-corrected chi connectivity index (χ0v) is 14.3. The van der Waals surface area contributed by atoms with Gasteiger partial charge < -0.3 is 10.4 Å². The highest BCUT2D eigenvalue weighted by atomic mass is 32.2. The number of amides is 1. The van der Waals surface area contributed by atoms with Crippen molar-refractivity contribution >= 4 is 29.4 Å². The van der Waals surface area contributed by atoms with Crippen molar-refractivity contribution in [2.75, 3.05) is 0 Å². The third kappa shape index (κ3) is 3.06. The number of thioether (sulfide) groups is 1. The smallest absolute Gasteiger partial charge is 0.322 e. The maximum atomic E-state index is 12.5. The number of carboxylic acids is 1. The van der Waals surface area contributed by atoms with E-state index in [2.05, 4.69) is 10.6 Å². The van der Waals surface area contributed by atoms with Gasteiger partial charge in [0.25, 0.3) is 0 Å². The molecule has 1 aromatic rings. The van der Waals surface area contributed by atoms with E-state index in [0.717, 1.165) is 5.56 Å². The zero-order chi connectivity index (χ0) is 17.5. The second-order valence-corrected chi connectivity index (χ2v) is 8.50. The van der Waals surface area contributed by atoms with Crippen LogP contribution in [-0.2, 0) is 14.4 Å². The number of carbonyl (C=O) groups is 3. The molecule has 0 aromatic heterocycles. The number of benzene rings is 1. The molecule has 1 amide bonds. The number of rotatable bonds is 3. The number of aliphatic carboxylic acids is 1. The van der Waals surface area contributed by atoms with Gasteiger partial charge >= 0.3 is 5.97 Å². The van der Waals surface area contributed by atoms with Crippen molar-refractivity contribution in [1.29, 1.82) is 0 Å². The van der Waals surface area contributed by atoms with E-state index in [0.29, 0.717) is 0 Å². The lowest BCUT2D eigenvalue weighted by molar-refractivity contribution is -0.140. The first-order valence-electron chi connectivity index (χ1n) is 7.84. The van der Waals surface area contributed by atoms with E-state index in [1.807, 2.05) is 44.2 Å². The SMILES string of the molecule is CC1(C)SC(C2CC(=O)C(c3ccccc3)NC2=O)N[C@H]1C(=O)O. The molecule has 0 aliphatic carbocycles. The number of Topliss-reactive ketones (excluding diaryl/α,β-unsaturated/α-hetero) is 1. The summed E-state index contributed by atoms with van der Waals surface area (Å²) in [5.41, 5.74) is 0.769. The Morgan fingerprint density at radius 1 is 1.25 bits per heavy atom. The van der Waals surface area contributed by atoms with Gasteiger partial charge in [-0.2, -0.15) is 0 Å². The summed E-state index contributed by atoms with van der Waals surface area (Å²) in [5.74, 6) is -1.77. The average molecular weight is 348 g/mol. The molecular weight excluding hydrogens is 328 g/mol. The summed E-state index contributed by atoms with van der Waals surface area (Å²) in [6.07, 6.45) is 0.110. The molecule has 2 fully saturated rings. The van der Waals surface area contributed by atoms with Crippen molar-refractivity contribution < 1.29 is 19.5 Å². The Bertz CT molecular complexity index is 676. The van der Waals surface area contributed by atoms with Crippen LogP contribution in [0.4, 0.5) is 0 Å². The third-order valence-corrected chi connectivity index (χ3v) is 6.13. The van der Waals surface area contributed by atoms with Crippen molar-refractivity contribution in [3.63, 3.8) is 0 Å². The number of piperidine rings is 1. The van der Waals surface area contributed by atoms with E-state index < -0.39 is 28.7 Å². The summed E-state index contributed by atoms with van der Waals surface area (Å²) in [5, 5.41) is 14.7. The molecule has 2 saturated heterocycles. The number of nitrogens with one attached hydrogen (secondary N) is 2. The first kappa shape index (κ1) is 17.0. The van der Waals surface area contributed by atoms with Gasteiger partial charge in [-0.15, -0.1) is 11.8 Å². The second kappa shape index (κ2) is 6.22. The molecule has 3 N–H and O–H groups in total. The van der Waals surface area contributed by atoms with Crippen LogP contribution in [0.3, 0.4) is 0 Å². The van der Waals surface area contributed by atoms with Gasteiger partial charge in [-0.3, -0.25) is 19.7 Å². The lowest BCUT2D eigenvalue weighted by Crippen LogP contribution is -2.52. The zero-order valence-electron chi connectivity index (χ0n) is 13.5. The Morgan fingerprint density at radius 3 is 2.50 bits per heavy atom. The van der Waals surface area contributed by atoms with Crippen LogP contribution in [0.2, 0.25) is 0 Å². The molecule has 128 valence electrons. The van der Waals surface area contributed by atoms with Gasteiger partial charge in [0.2, 0.25) is 5.91 Å². The summed E-state index contributed by atoms with van der Waals surface area (Å²) in [7, 11) is 0. The summed E-state index contributed by atoms with van der Waals surface area (Å²) in [6.45, 7) is 3.66. The molecule has 6 nitrogen and oxygen atoms in total. The van der Waals surface area contributed by atoms with Crippen molar-refractivity contribution in [3.8, 4) is 0 Å². The van der Waals surface area contributed by atoms with Crippen molar-refractivity contribution in [1.82, 2.24) is 10.6 Å². The minimum Gasteiger partial charge on any atom is -0.480 e. The molecule has 2 heterocycles. The molecule has 0 bridgehead atoms. The lowest BCUT2D eigenvalue weighted by Gasteiger charge is -2.31. The molecule has 7 heteroatoms. The maximum absolute atomic E-state index is 12.5. The van der Waals surface area contributed by atoms with Crippen LogP contribution in [0.1, 0.15) is 31.9 Å². The molecule has 1 aromatic carbocycles. The molecular formula is C17H20N2O4S. The number of ketones is 1. The van der Waals surface area contributed by atoms with Gasteiger partial charge in [-0.05, 0) is 19.4 Å². The molecule has 3 rings (SSSR count). The van der Waals surface area contributed by atoms with Gasteiger partial charge in [-0.1, -0.05) is 30.3 Å². The van der Waals surface area contributed by atoms with Crippen LogP contribution in [0.5, 0.6) is 0 Å². The largest absolute Gasteiger partial charge is 0.480 e. The normalized spacial score (nSPS) is 32.4. The summed E-state index contributed by atoms with van der Waals surface area (Å²) in [4.78, 5) is 36.4. The van der Waals surface area contributed by atoms with E-state index in [9.17, 15) is 19.5 Å². The first-order valence-corrected chi connectivity index (χ1v) is 8.72. The third-order valence-electron chi connectivity index (χ3n) is 4.57. The Kier molecular flexibility index (Phi) is 4.40. The Morgan fingerprint density at radius 2 is 1.92 bits per heavy atom. The average Bonchev–Trinajstić information content (AvgIpc) is 2.85. The fourth-order valence-electron chi connectivity index (χ4n) is 3.28. The van der Waals surface area contributed by atoms with E-state index in [4.69, 9.17) is 0 Å². The Balaban J connectivity index is 1.75. The van der Waals surface area contributed by atoms with Crippen molar-refractivity contribution in [3.05, 3.63) is 35.9 Å². The van der Waals surface area contributed by atoms with Crippen LogP contribution in [0.15, 0.2) is 30.3 Å². The van der Waals surface area contributed by atoms with Gasteiger partial charge in [-0.25, -0.2) is 0 Å². The van der Waals surface area contributed by atoms with Gasteiger partial charge in [0, 0.05) is 11.2 Å². The predicted molar refractivity (Wildman–Crippen MR) is 90.5 cm³/mol. The molecule has 0 spiro atoms. The Hall–Kier alpha value is -1.86. The summed E-state index contributed by atoms with van der Waals surface area (Å²) < 4.78 is -0.546. The van der Waals surface area contributed by atoms with Gasteiger partial charge in [0.1, 0.15) is 12.1 Å². The highest BCUT2D eigenvalue weighted by molar-refractivity contribution is 8.01. The number of carboxylic acid groups (broad SMARTS) is 1. The van der Waals surface area contributed by atoms with Crippen LogP contribution in [0, 0.1) is 5.92 Å². The summed E-state index contributed by atoms with van der Waals surface area (Å²) in [6, 6.07) is 7.77. The van der Waals surface area contributed by atoms with Gasteiger partial charge in [0.05, 0.1) is 11.3 Å². The standard InChI is InChI=1S/C17H20N2O4S/c1-17(2)13(16(22)23)19-15(24-17)10-8-11(20)12(18-14(10)21)9-6-4-3-5-7-9/h3-7,10,12-13,15,19H,8H2,1-2H3,(H,18,21)(H,22,23)/t10?,12?,13-,15?/m0/s1. The highest BCUT2D eigenvalue weighted by Gasteiger charge is 2.50. The molecule has 3 unspecified atom stereocenters.